The molecule has 2 N–H and O–H groups in total. The van der Waals surface area contributed by atoms with E-state index in [1.165, 1.54) is 0 Å². The largest absolute Gasteiger partial charge is 0.492 e. The fourth-order valence-corrected chi connectivity index (χ4v) is 2.60. The molecule has 0 bridgehead atoms. The first-order chi connectivity index (χ1) is 7.32. The fraction of sp³-hybridized carbons (Fsp3) is 0.500. The topological polar surface area (TPSA) is 44.5 Å². The molecular formula is C12H18BrNO2. The fourth-order valence-electron chi connectivity index (χ4n) is 1.91. The number of nitrogens with two attached hydrogens (primary N) is 1. The summed E-state index contributed by atoms with van der Waals surface area (Å²) in [6, 6.07) is 1.99. The lowest BCUT2D eigenvalue weighted by atomic mass is 9.90. The van der Waals surface area contributed by atoms with E-state index in [1.54, 1.807) is 14.2 Å². The Hall–Kier alpha value is -0.740. The minimum atomic E-state index is -0.469. The number of methoxy groups -OCH3 is 2. The molecule has 90 valence electrons. The van der Waals surface area contributed by atoms with Gasteiger partial charge in [0, 0.05) is 11.1 Å². The summed E-state index contributed by atoms with van der Waals surface area (Å²) < 4.78 is 11.6. The second-order valence-electron chi connectivity index (χ2n) is 4.34. The average molecular weight is 288 g/mol. The van der Waals surface area contributed by atoms with E-state index in [9.17, 15) is 0 Å². The van der Waals surface area contributed by atoms with E-state index in [2.05, 4.69) is 15.9 Å². The highest BCUT2D eigenvalue weighted by Crippen LogP contribution is 2.43. The van der Waals surface area contributed by atoms with Gasteiger partial charge in [0.15, 0.2) is 11.5 Å². The molecule has 1 aromatic rings. The van der Waals surface area contributed by atoms with Crippen LogP contribution in [0.5, 0.6) is 11.5 Å². The van der Waals surface area contributed by atoms with Crippen molar-refractivity contribution in [1.29, 1.82) is 0 Å². The maximum absolute atomic E-state index is 6.16. The molecule has 0 spiro atoms. The SMILES string of the molecule is COc1c(Br)cc(C)c(C(C)(C)N)c1OC. The van der Waals surface area contributed by atoms with Crippen molar-refractivity contribution >= 4 is 15.9 Å². The van der Waals surface area contributed by atoms with Gasteiger partial charge < -0.3 is 15.2 Å². The number of aryl methyl sites for hydroxylation is 1. The first-order valence-corrected chi connectivity index (χ1v) is 5.82. The molecule has 0 saturated heterocycles. The molecule has 0 atom stereocenters. The van der Waals surface area contributed by atoms with Gasteiger partial charge in [-0.25, -0.2) is 0 Å². The molecule has 0 saturated carbocycles. The Kier molecular flexibility index (Phi) is 3.86. The van der Waals surface area contributed by atoms with Crippen molar-refractivity contribution in [3.8, 4) is 11.5 Å². The van der Waals surface area contributed by atoms with Crippen LogP contribution in [0, 0.1) is 6.92 Å². The van der Waals surface area contributed by atoms with Gasteiger partial charge in [0.1, 0.15) is 0 Å². The molecule has 0 aliphatic rings. The number of hydrogen-bond acceptors (Lipinski definition) is 3. The first-order valence-electron chi connectivity index (χ1n) is 5.03. The molecule has 0 heterocycles. The molecule has 0 aliphatic carbocycles. The van der Waals surface area contributed by atoms with Crippen molar-refractivity contribution in [2.24, 2.45) is 5.73 Å². The smallest absolute Gasteiger partial charge is 0.175 e. The van der Waals surface area contributed by atoms with Gasteiger partial charge in [-0.05, 0) is 48.3 Å². The number of halogens is 1. The van der Waals surface area contributed by atoms with Gasteiger partial charge in [0.25, 0.3) is 0 Å². The summed E-state index contributed by atoms with van der Waals surface area (Å²) in [4.78, 5) is 0. The summed E-state index contributed by atoms with van der Waals surface area (Å²) in [6.45, 7) is 5.91. The quantitative estimate of drug-likeness (QED) is 0.930. The molecule has 1 aromatic carbocycles. The Morgan fingerprint density at radius 2 is 1.69 bits per heavy atom. The molecule has 0 unspecified atom stereocenters. The summed E-state index contributed by atoms with van der Waals surface area (Å²) in [7, 11) is 3.24. The Morgan fingerprint density at radius 3 is 2.06 bits per heavy atom. The number of ether oxygens (including phenoxy) is 2. The lowest BCUT2D eigenvalue weighted by Gasteiger charge is -2.26. The summed E-state index contributed by atoms with van der Waals surface area (Å²) in [5, 5.41) is 0. The first kappa shape index (κ1) is 13.3. The molecule has 0 aromatic heterocycles. The second kappa shape index (κ2) is 4.63. The van der Waals surface area contributed by atoms with E-state index < -0.39 is 5.54 Å². The molecule has 4 heteroatoms. The minimum absolute atomic E-state index is 0.469. The van der Waals surface area contributed by atoms with E-state index in [-0.39, 0.29) is 0 Å². The van der Waals surface area contributed by atoms with Gasteiger partial charge in [-0.15, -0.1) is 0 Å². The molecule has 3 nitrogen and oxygen atoms in total. The van der Waals surface area contributed by atoms with Crippen molar-refractivity contribution in [3.05, 3.63) is 21.7 Å². The van der Waals surface area contributed by atoms with Crippen LogP contribution in [-0.4, -0.2) is 14.2 Å². The predicted molar refractivity (Wildman–Crippen MR) is 69.2 cm³/mol. The van der Waals surface area contributed by atoms with Crippen molar-refractivity contribution in [2.45, 2.75) is 26.3 Å². The molecule has 0 radical (unpaired) electrons. The van der Waals surface area contributed by atoms with E-state index in [0.29, 0.717) is 11.5 Å². The van der Waals surface area contributed by atoms with Crippen LogP contribution in [0.4, 0.5) is 0 Å². The van der Waals surface area contributed by atoms with E-state index in [0.717, 1.165) is 15.6 Å². The Balaban J connectivity index is 3.59. The zero-order valence-electron chi connectivity index (χ0n) is 10.3. The van der Waals surface area contributed by atoms with Gasteiger partial charge in [0.2, 0.25) is 0 Å². The molecule has 1 rings (SSSR count). The summed E-state index contributed by atoms with van der Waals surface area (Å²) in [6.07, 6.45) is 0. The Bertz CT molecular complexity index is 397. The van der Waals surface area contributed by atoms with E-state index >= 15 is 0 Å². The van der Waals surface area contributed by atoms with E-state index in [1.807, 2.05) is 26.8 Å². The maximum Gasteiger partial charge on any atom is 0.175 e. The average Bonchev–Trinajstić information content (AvgIpc) is 2.14. The summed E-state index contributed by atoms with van der Waals surface area (Å²) in [5.74, 6) is 1.38. The van der Waals surface area contributed by atoms with Crippen LogP contribution in [0.25, 0.3) is 0 Å². The highest BCUT2D eigenvalue weighted by atomic mass is 79.9. The normalized spacial score (nSPS) is 11.4. The van der Waals surface area contributed by atoms with Gasteiger partial charge >= 0.3 is 0 Å². The number of rotatable bonds is 3. The lowest BCUT2D eigenvalue weighted by molar-refractivity contribution is 0.341. The Labute approximate surface area is 105 Å². The summed E-state index contributed by atoms with van der Waals surface area (Å²) >= 11 is 3.45. The molecule has 0 fully saturated rings. The third kappa shape index (κ3) is 2.33. The van der Waals surface area contributed by atoms with Crippen LogP contribution < -0.4 is 15.2 Å². The zero-order chi connectivity index (χ0) is 12.5. The van der Waals surface area contributed by atoms with Gasteiger partial charge in [-0.3, -0.25) is 0 Å². The highest BCUT2D eigenvalue weighted by molar-refractivity contribution is 9.10. The highest BCUT2D eigenvalue weighted by Gasteiger charge is 2.26. The van der Waals surface area contributed by atoms with Gasteiger partial charge in [-0.1, -0.05) is 0 Å². The third-order valence-electron chi connectivity index (χ3n) is 2.44. The zero-order valence-corrected chi connectivity index (χ0v) is 11.9. The molecule has 0 amide bonds. The predicted octanol–water partition coefficient (Wildman–Crippen LogP) is 2.97. The Morgan fingerprint density at radius 1 is 1.19 bits per heavy atom. The van der Waals surface area contributed by atoms with Crippen LogP contribution >= 0.6 is 15.9 Å². The maximum atomic E-state index is 6.16. The van der Waals surface area contributed by atoms with E-state index in [4.69, 9.17) is 15.2 Å². The van der Waals surface area contributed by atoms with Crippen LogP contribution in [0.2, 0.25) is 0 Å². The summed E-state index contributed by atoms with van der Waals surface area (Å²) in [5.41, 5.74) is 7.74. The van der Waals surface area contributed by atoms with Crippen LogP contribution in [0.3, 0.4) is 0 Å². The molecule has 0 aliphatic heterocycles. The molecular weight excluding hydrogens is 270 g/mol. The van der Waals surface area contributed by atoms with Crippen molar-refractivity contribution in [1.82, 2.24) is 0 Å². The second-order valence-corrected chi connectivity index (χ2v) is 5.19. The third-order valence-corrected chi connectivity index (χ3v) is 3.03. The van der Waals surface area contributed by atoms with Crippen LogP contribution in [-0.2, 0) is 5.54 Å². The van der Waals surface area contributed by atoms with Gasteiger partial charge in [-0.2, -0.15) is 0 Å². The lowest BCUT2D eigenvalue weighted by Crippen LogP contribution is -2.30. The monoisotopic (exact) mass is 287 g/mol. The number of benzene rings is 1. The minimum Gasteiger partial charge on any atom is -0.492 e. The van der Waals surface area contributed by atoms with Crippen molar-refractivity contribution < 1.29 is 9.47 Å². The standard InChI is InChI=1S/C12H18BrNO2/c1-7-6-8(13)10(15-4)11(16-5)9(7)12(2,3)14/h6H,14H2,1-5H3. The molecule has 16 heavy (non-hydrogen) atoms. The number of hydrogen-bond donors (Lipinski definition) is 1. The van der Waals surface area contributed by atoms with Gasteiger partial charge in [0.05, 0.1) is 18.7 Å². The van der Waals surface area contributed by atoms with Crippen molar-refractivity contribution in [3.63, 3.8) is 0 Å². The van der Waals surface area contributed by atoms with Crippen LogP contribution in [0.1, 0.15) is 25.0 Å². The van der Waals surface area contributed by atoms with Crippen molar-refractivity contribution in [2.75, 3.05) is 14.2 Å². The van der Waals surface area contributed by atoms with Crippen LogP contribution in [0.15, 0.2) is 10.5 Å².